The van der Waals surface area contributed by atoms with Crippen molar-refractivity contribution in [2.75, 3.05) is 0 Å². The van der Waals surface area contributed by atoms with Crippen LogP contribution in [0.5, 0.6) is 0 Å². The summed E-state index contributed by atoms with van der Waals surface area (Å²) in [6, 6.07) is 7.45. The molecule has 1 aromatic heterocycles. The molecule has 0 saturated carbocycles. The predicted octanol–water partition coefficient (Wildman–Crippen LogP) is 2.11. The van der Waals surface area contributed by atoms with E-state index in [-0.39, 0.29) is 10.8 Å². The van der Waals surface area contributed by atoms with Gasteiger partial charge in [-0.2, -0.15) is 0 Å². The molecule has 2 aromatic rings. The highest BCUT2D eigenvalue weighted by molar-refractivity contribution is 6.35. The molecule has 13 heavy (non-hydrogen) atoms. The van der Waals surface area contributed by atoms with E-state index in [2.05, 4.69) is 9.97 Å². The van der Waals surface area contributed by atoms with Crippen LogP contribution in [0.25, 0.3) is 10.9 Å². The van der Waals surface area contributed by atoms with Crippen LogP contribution in [0, 0.1) is 0 Å². The Bertz CT molecular complexity index is 433. The van der Waals surface area contributed by atoms with Crippen LogP contribution in [-0.2, 0) is 0 Å². The Balaban J connectivity index is 0.000000845. The van der Waals surface area contributed by atoms with E-state index in [9.17, 15) is 0 Å². The van der Waals surface area contributed by atoms with E-state index in [1.165, 1.54) is 0 Å². The van der Waals surface area contributed by atoms with Crippen molar-refractivity contribution >= 4 is 34.1 Å². The third-order valence-corrected chi connectivity index (χ3v) is 1.99. The molecular formula is C8H6Cl2N2O. The van der Waals surface area contributed by atoms with E-state index in [4.69, 9.17) is 23.2 Å². The molecule has 3 nitrogen and oxygen atoms in total. The average Bonchev–Trinajstić information content (AvgIpc) is 2.04. The Hall–Kier alpha value is -0.900. The number of halogens is 2. The fraction of sp³-hybridized carbons (Fsp3) is 0. The summed E-state index contributed by atoms with van der Waals surface area (Å²) in [5, 5.41) is 1.40. The third-order valence-electron chi connectivity index (χ3n) is 1.53. The third kappa shape index (κ3) is 1.88. The molecule has 0 radical (unpaired) electrons. The summed E-state index contributed by atoms with van der Waals surface area (Å²) in [5.41, 5.74) is 0.766. The predicted molar refractivity (Wildman–Crippen MR) is 53.2 cm³/mol. The zero-order valence-electron chi connectivity index (χ0n) is 6.46. The van der Waals surface area contributed by atoms with Crippen LogP contribution in [-0.4, -0.2) is 15.4 Å². The monoisotopic (exact) mass is 216 g/mol. The molecule has 0 aliphatic carbocycles. The standard InChI is InChI=1S/C8H4Cl2N2.H2O/c9-7-5-3-1-2-4-6(5)11-8(10)12-7;/h1-4H;1H2. The number of para-hydroxylation sites is 1. The Labute approximate surface area is 84.6 Å². The number of rotatable bonds is 0. The van der Waals surface area contributed by atoms with Crippen molar-refractivity contribution in [2.45, 2.75) is 0 Å². The van der Waals surface area contributed by atoms with Gasteiger partial charge >= 0.3 is 0 Å². The molecule has 0 saturated heterocycles. The van der Waals surface area contributed by atoms with E-state index in [0.717, 1.165) is 10.9 Å². The van der Waals surface area contributed by atoms with Gasteiger partial charge in [0.2, 0.25) is 5.28 Å². The van der Waals surface area contributed by atoms with Gasteiger partial charge in [-0.3, -0.25) is 0 Å². The van der Waals surface area contributed by atoms with Crippen LogP contribution in [0.4, 0.5) is 0 Å². The molecule has 2 N–H and O–H groups in total. The van der Waals surface area contributed by atoms with Crippen LogP contribution in [0.1, 0.15) is 0 Å². The lowest BCUT2D eigenvalue weighted by Gasteiger charge is -1.97. The van der Waals surface area contributed by atoms with Gasteiger partial charge in [-0.1, -0.05) is 23.7 Å². The highest BCUT2D eigenvalue weighted by Crippen LogP contribution is 2.20. The second-order valence-corrected chi connectivity index (χ2v) is 3.00. The van der Waals surface area contributed by atoms with E-state index >= 15 is 0 Å². The Kier molecular flexibility index (Phi) is 3.03. The van der Waals surface area contributed by atoms with Gasteiger partial charge in [0.25, 0.3) is 0 Å². The molecule has 1 aromatic carbocycles. The molecule has 0 unspecified atom stereocenters. The van der Waals surface area contributed by atoms with Gasteiger partial charge in [-0.15, -0.1) is 0 Å². The molecule has 0 aliphatic rings. The smallest absolute Gasteiger partial charge is 0.224 e. The topological polar surface area (TPSA) is 57.3 Å². The summed E-state index contributed by atoms with van der Waals surface area (Å²) in [6.07, 6.45) is 0. The van der Waals surface area contributed by atoms with Gasteiger partial charge in [-0.05, 0) is 23.7 Å². The lowest BCUT2D eigenvalue weighted by molar-refractivity contribution is 0.824. The maximum Gasteiger partial charge on any atom is 0.224 e. The van der Waals surface area contributed by atoms with E-state index in [0.29, 0.717) is 5.15 Å². The van der Waals surface area contributed by atoms with Gasteiger partial charge in [0.05, 0.1) is 5.52 Å². The van der Waals surface area contributed by atoms with Gasteiger partial charge in [0.1, 0.15) is 5.15 Å². The number of aromatic nitrogens is 2. The fourth-order valence-electron chi connectivity index (χ4n) is 1.01. The van der Waals surface area contributed by atoms with Crippen LogP contribution in [0.2, 0.25) is 10.4 Å². The van der Waals surface area contributed by atoms with Crippen molar-refractivity contribution in [2.24, 2.45) is 0 Å². The minimum absolute atomic E-state index is 0. The van der Waals surface area contributed by atoms with Crippen molar-refractivity contribution < 1.29 is 5.48 Å². The van der Waals surface area contributed by atoms with E-state index < -0.39 is 0 Å². The minimum Gasteiger partial charge on any atom is -0.412 e. The first-order valence-electron chi connectivity index (χ1n) is 3.35. The van der Waals surface area contributed by atoms with Gasteiger partial charge in [-0.25, -0.2) is 9.97 Å². The average molecular weight is 217 g/mol. The lowest BCUT2D eigenvalue weighted by atomic mass is 10.2. The molecular weight excluding hydrogens is 211 g/mol. The molecule has 0 fully saturated rings. The van der Waals surface area contributed by atoms with Crippen molar-refractivity contribution in [3.05, 3.63) is 34.7 Å². The number of fused-ring (bicyclic) bond motifs is 1. The zero-order chi connectivity index (χ0) is 8.55. The molecule has 0 amide bonds. The Morgan fingerprint density at radius 3 is 2.46 bits per heavy atom. The molecule has 0 atom stereocenters. The molecule has 68 valence electrons. The number of nitrogens with zero attached hydrogens (tertiary/aromatic N) is 2. The molecule has 0 spiro atoms. The molecule has 0 aliphatic heterocycles. The first-order valence-corrected chi connectivity index (χ1v) is 4.11. The number of hydrogen-bond donors (Lipinski definition) is 0. The summed E-state index contributed by atoms with van der Waals surface area (Å²) >= 11 is 11.4. The lowest BCUT2D eigenvalue weighted by Crippen LogP contribution is -1.85. The van der Waals surface area contributed by atoms with Gasteiger partial charge in [0, 0.05) is 5.39 Å². The second-order valence-electron chi connectivity index (χ2n) is 2.30. The first-order chi connectivity index (χ1) is 5.77. The summed E-state index contributed by atoms with van der Waals surface area (Å²) in [7, 11) is 0. The van der Waals surface area contributed by atoms with Crippen LogP contribution < -0.4 is 0 Å². The number of benzene rings is 1. The molecule has 2 rings (SSSR count). The maximum absolute atomic E-state index is 5.83. The quantitative estimate of drug-likeness (QED) is 0.501. The van der Waals surface area contributed by atoms with E-state index in [1.54, 1.807) is 0 Å². The van der Waals surface area contributed by atoms with Crippen molar-refractivity contribution in [3.63, 3.8) is 0 Å². The van der Waals surface area contributed by atoms with Crippen molar-refractivity contribution in [1.29, 1.82) is 0 Å². The molecule has 0 bridgehead atoms. The van der Waals surface area contributed by atoms with Gasteiger partial charge in [0.15, 0.2) is 0 Å². The zero-order valence-corrected chi connectivity index (χ0v) is 7.97. The van der Waals surface area contributed by atoms with Crippen LogP contribution in [0.3, 0.4) is 0 Å². The molecule has 5 heteroatoms. The second kappa shape index (κ2) is 3.87. The van der Waals surface area contributed by atoms with Crippen LogP contribution >= 0.6 is 23.2 Å². The maximum atomic E-state index is 5.83. The summed E-state index contributed by atoms with van der Waals surface area (Å²) < 4.78 is 0. The Morgan fingerprint density at radius 2 is 1.69 bits per heavy atom. The SMILES string of the molecule is Clc1nc(Cl)c2ccccc2n1.O. The fourth-order valence-corrected chi connectivity index (χ4v) is 1.47. The van der Waals surface area contributed by atoms with Crippen molar-refractivity contribution in [1.82, 2.24) is 9.97 Å². The summed E-state index contributed by atoms with van der Waals surface area (Å²) in [4.78, 5) is 7.83. The minimum atomic E-state index is 0. The summed E-state index contributed by atoms with van der Waals surface area (Å²) in [6.45, 7) is 0. The van der Waals surface area contributed by atoms with E-state index in [1.807, 2.05) is 24.3 Å². The summed E-state index contributed by atoms with van der Waals surface area (Å²) in [5.74, 6) is 0. The number of hydrogen-bond acceptors (Lipinski definition) is 2. The molecule has 1 heterocycles. The Morgan fingerprint density at radius 1 is 1.00 bits per heavy atom. The highest BCUT2D eigenvalue weighted by atomic mass is 35.5. The largest absolute Gasteiger partial charge is 0.412 e. The normalized spacial score (nSPS) is 9.69. The van der Waals surface area contributed by atoms with Crippen LogP contribution in [0.15, 0.2) is 24.3 Å². The first kappa shape index (κ1) is 10.2. The van der Waals surface area contributed by atoms with Gasteiger partial charge < -0.3 is 5.48 Å². The van der Waals surface area contributed by atoms with Crippen molar-refractivity contribution in [3.8, 4) is 0 Å². The highest BCUT2D eigenvalue weighted by Gasteiger charge is 2.01.